The number of methoxy groups -OCH3 is 1. The quantitative estimate of drug-likeness (QED) is 0.305. The van der Waals surface area contributed by atoms with Crippen molar-refractivity contribution in [1.82, 2.24) is 10.6 Å². The molecule has 2 atom stereocenters. The van der Waals surface area contributed by atoms with Gasteiger partial charge in [0.1, 0.15) is 6.04 Å². The van der Waals surface area contributed by atoms with Crippen LogP contribution in [-0.2, 0) is 23.9 Å². The molecule has 2 amide bonds. The highest BCUT2D eigenvalue weighted by Crippen LogP contribution is 1.87. The first-order valence-electron chi connectivity index (χ1n) is 5.60. The third kappa shape index (κ3) is 7.11. The molecule has 0 fully saturated rings. The number of nitrogens with two attached hydrogens (primary N) is 1. The summed E-state index contributed by atoms with van der Waals surface area (Å²) in [6.07, 6.45) is 1.77. The highest BCUT2D eigenvalue weighted by Gasteiger charge is 2.21. The minimum absolute atomic E-state index is 0.349. The molecule has 9 nitrogen and oxygen atoms in total. The van der Waals surface area contributed by atoms with Gasteiger partial charge >= 0.3 is 11.9 Å². The van der Waals surface area contributed by atoms with Crippen molar-refractivity contribution in [2.75, 3.05) is 13.7 Å². The van der Waals surface area contributed by atoms with Gasteiger partial charge in [-0.15, -0.1) is 0 Å². The first-order valence-corrected chi connectivity index (χ1v) is 5.60. The van der Waals surface area contributed by atoms with Gasteiger partial charge in [0.2, 0.25) is 11.8 Å². The van der Waals surface area contributed by atoms with Crippen molar-refractivity contribution in [3.63, 3.8) is 0 Å². The molecule has 0 aliphatic rings. The van der Waals surface area contributed by atoms with Gasteiger partial charge in [-0.1, -0.05) is 0 Å². The fourth-order valence-electron chi connectivity index (χ4n) is 0.977. The predicted octanol–water partition coefficient (Wildman–Crippen LogP) is -2.25. The fraction of sp³-hybridized carbons (Fsp3) is 0.455. The molecular formula is C11H17N3O6. The molecule has 0 aliphatic carbocycles. The van der Waals surface area contributed by atoms with Crippen LogP contribution in [0.1, 0.15) is 6.92 Å². The Balaban J connectivity index is 4.38. The first kappa shape index (κ1) is 17.6. The topological polar surface area (TPSA) is 148 Å². The van der Waals surface area contributed by atoms with E-state index in [0.717, 1.165) is 19.3 Å². The lowest BCUT2D eigenvalue weighted by Gasteiger charge is -2.16. The molecule has 5 N–H and O–H groups in total. The highest BCUT2D eigenvalue weighted by molar-refractivity contribution is 5.95. The van der Waals surface area contributed by atoms with Gasteiger partial charge in [-0.05, 0) is 6.92 Å². The molecule has 0 rings (SSSR count). The second-order valence-electron chi connectivity index (χ2n) is 3.79. The average Bonchev–Trinajstić information content (AvgIpc) is 2.39. The molecular weight excluding hydrogens is 270 g/mol. The lowest BCUT2D eigenvalue weighted by atomic mass is 10.2. The molecule has 0 aromatic carbocycles. The molecule has 0 aliphatic heterocycles. The maximum Gasteiger partial charge on any atom is 0.330 e. The molecule has 0 aromatic heterocycles. The highest BCUT2D eigenvalue weighted by atomic mass is 16.5. The van der Waals surface area contributed by atoms with Crippen LogP contribution in [-0.4, -0.2) is 54.6 Å². The number of carbonyl (C=O) groups excluding carboxylic acids is 3. The molecule has 0 radical (unpaired) electrons. The lowest BCUT2D eigenvalue weighted by molar-refractivity contribution is -0.142. The van der Waals surface area contributed by atoms with Crippen LogP contribution in [0.2, 0.25) is 0 Å². The van der Waals surface area contributed by atoms with Crippen molar-refractivity contribution in [3.8, 4) is 0 Å². The van der Waals surface area contributed by atoms with Crippen LogP contribution in [0.4, 0.5) is 0 Å². The Labute approximate surface area is 115 Å². The van der Waals surface area contributed by atoms with Crippen molar-refractivity contribution in [2.45, 2.75) is 19.0 Å². The summed E-state index contributed by atoms with van der Waals surface area (Å²) in [6.45, 7) is 1.05. The van der Waals surface area contributed by atoms with Gasteiger partial charge in [-0.25, -0.2) is 9.59 Å². The number of hydrogen-bond donors (Lipinski definition) is 4. The van der Waals surface area contributed by atoms with Gasteiger partial charge in [0.05, 0.1) is 13.2 Å². The Hall–Kier alpha value is -2.42. The molecule has 0 heterocycles. The number of ether oxygens (including phenoxy) is 1. The Bertz CT molecular complexity index is 418. The van der Waals surface area contributed by atoms with Crippen LogP contribution in [0.5, 0.6) is 0 Å². The minimum Gasteiger partial charge on any atom is -0.480 e. The van der Waals surface area contributed by atoms with E-state index < -0.39 is 35.8 Å². The number of carboxylic acid groups (broad SMARTS) is 1. The summed E-state index contributed by atoms with van der Waals surface area (Å²) in [6, 6.07) is -2.18. The van der Waals surface area contributed by atoms with Crippen molar-refractivity contribution in [1.29, 1.82) is 0 Å². The zero-order valence-electron chi connectivity index (χ0n) is 11.1. The van der Waals surface area contributed by atoms with Gasteiger partial charge in [0, 0.05) is 18.7 Å². The largest absolute Gasteiger partial charge is 0.480 e. The van der Waals surface area contributed by atoms with Gasteiger partial charge in [0.25, 0.3) is 0 Å². The standard InChI is InChI=1S/C11H17N3O6/c1-6(12)10(17)14-7(11(18)19)5-13-8(15)3-4-9(16)20-2/h3-4,6-7H,5,12H2,1-2H3,(H,13,15)(H,14,17)(H,18,19)/b4-3+/t6-,7-/m0/s1. The Kier molecular flexibility index (Phi) is 7.60. The van der Waals surface area contributed by atoms with Gasteiger partial charge in [0.15, 0.2) is 0 Å². The maximum atomic E-state index is 11.3. The molecule has 0 unspecified atom stereocenters. The summed E-state index contributed by atoms with van der Waals surface area (Å²) >= 11 is 0. The Morgan fingerprint density at radius 3 is 2.35 bits per heavy atom. The molecule has 0 spiro atoms. The Morgan fingerprint density at radius 2 is 1.90 bits per heavy atom. The summed E-state index contributed by atoms with van der Waals surface area (Å²) < 4.78 is 4.27. The second-order valence-corrected chi connectivity index (χ2v) is 3.79. The number of aliphatic carboxylic acids is 1. The van der Waals surface area contributed by atoms with Crippen LogP contribution in [0.15, 0.2) is 12.2 Å². The van der Waals surface area contributed by atoms with Crippen molar-refractivity contribution >= 4 is 23.8 Å². The number of amides is 2. The number of rotatable bonds is 7. The van der Waals surface area contributed by atoms with Crippen LogP contribution in [0, 0.1) is 0 Å². The molecule has 112 valence electrons. The first-order chi connectivity index (χ1) is 9.27. The average molecular weight is 287 g/mol. The molecule has 9 heteroatoms. The van der Waals surface area contributed by atoms with E-state index in [4.69, 9.17) is 10.8 Å². The Morgan fingerprint density at radius 1 is 1.30 bits per heavy atom. The number of carbonyl (C=O) groups is 4. The summed E-state index contributed by atoms with van der Waals surface area (Å²) in [5.41, 5.74) is 5.28. The lowest BCUT2D eigenvalue weighted by Crippen LogP contribution is -2.52. The third-order valence-electron chi connectivity index (χ3n) is 2.08. The van der Waals surface area contributed by atoms with Crippen LogP contribution in [0.3, 0.4) is 0 Å². The molecule has 20 heavy (non-hydrogen) atoms. The number of carboxylic acids is 1. The summed E-state index contributed by atoms with van der Waals surface area (Å²) in [4.78, 5) is 44.2. The predicted molar refractivity (Wildman–Crippen MR) is 67.4 cm³/mol. The van der Waals surface area contributed by atoms with Crippen LogP contribution < -0.4 is 16.4 Å². The SMILES string of the molecule is COC(=O)/C=C/C(=O)NC[C@H](NC(=O)[C@H](C)N)C(=O)O. The summed E-state index contributed by atoms with van der Waals surface area (Å²) in [5.74, 6) is -3.40. The third-order valence-corrected chi connectivity index (χ3v) is 2.08. The second kappa shape index (κ2) is 8.64. The monoisotopic (exact) mass is 287 g/mol. The molecule has 0 bridgehead atoms. The zero-order chi connectivity index (χ0) is 15.7. The normalized spacial score (nSPS) is 13.3. The summed E-state index contributed by atoms with van der Waals surface area (Å²) in [7, 11) is 1.15. The van der Waals surface area contributed by atoms with E-state index in [9.17, 15) is 19.2 Å². The number of nitrogens with one attached hydrogen (secondary N) is 2. The summed E-state index contributed by atoms with van der Waals surface area (Å²) in [5, 5.41) is 13.2. The number of hydrogen-bond acceptors (Lipinski definition) is 6. The molecule has 0 saturated heterocycles. The molecule has 0 aromatic rings. The van der Waals surface area contributed by atoms with Crippen LogP contribution >= 0.6 is 0 Å². The number of esters is 1. The van der Waals surface area contributed by atoms with Gasteiger partial charge < -0.3 is 26.2 Å². The van der Waals surface area contributed by atoms with Gasteiger partial charge in [-0.2, -0.15) is 0 Å². The van der Waals surface area contributed by atoms with E-state index in [1.165, 1.54) is 6.92 Å². The van der Waals surface area contributed by atoms with E-state index in [0.29, 0.717) is 0 Å². The maximum absolute atomic E-state index is 11.3. The zero-order valence-corrected chi connectivity index (χ0v) is 11.1. The van der Waals surface area contributed by atoms with Crippen molar-refractivity contribution in [2.24, 2.45) is 5.73 Å². The van der Waals surface area contributed by atoms with Gasteiger partial charge in [-0.3, -0.25) is 9.59 Å². The van der Waals surface area contributed by atoms with E-state index in [-0.39, 0.29) is 6.54 Å². The van der Waals surface area contributed by atoms with E-state index in [1.54, 1.807) is 0 Å². The molecule has 0 saturated carbocycles. The van der Waals surface area contributed by atoms with E-state index in [2.05, 4.69) is 15.4 Å². The van der Waals surface area contributed by atoms with E-state index in [1.807, 2.05) is 0 Å². The smallest absolute Gasteiger partial charge is 0.330 e. The van der Waals surface area contributed by atoms with E-state index >= 15 is 0 Å². The van der Waals surface area contributed by atoms with Crippen molar-refractivity contribution < 1.29 is 29.0 Å². The van der Waals surface area contributed by atoms with Crippen molar-refractivity contribution in [3.05, 3.63) is 12.2 Å². The minimum atomic E-state index is -1.32. The fourth-order valence-corrected chi connectivity index (χ4v) is 0.977. The van der Waals surface area contributed by atoms with Crippen LogP contribution in [0.25, 0.3) is 0 Å².